The Morgan fingerprint density at radius 3 is 2.25 bits per heavy atom. The number of nitrogens with zero attached hydrogens (tertiary/aromatic N) is 1. The first-order chi connectivity index (χ1) is 9.65. The molecular formula is C15H16N2O3. The van der Waals surface area contributed by atoms with Crippen molar-refractivity contribution >= 4 is 23.4 Å². The lowest BCUT2D eigenvalue weighted by Crippen LogP contribution is -2.29. The average Bonchev–Trinajstić information content (AvgIpc) is 3.22. The maximum atomic E-state index is 11.9. The first kappa shape index (κ1) is 12.8. The minimum absolute atomic E-state index is 0.109. The Labute approximate surface area is 116 Å². The molecule has 5 nitrogen and oxygen atoms in total. The molecule has 20 heavy (non-hydrogen) atoms. The number of nitrogens with one attached hydrogen (secondary N) is 1. The second kappa shape index (κ2) is 5.07. The molecule has 1 aromatic rings. The molecule has 2 fully saturated rings. The van der Waals surface area contributed by atoms with Crippen molar-refractivity contribution in [3.63, 3.8) is 0 Å². The lowest BCUT2D eigenvalue weighted by molar-refractivity contribution is -0.121. The normalized spacial score (nSPS) is 18.5. The molecule has 1 aromatic carbocycles. The fraction of sp³-hybridized carbons (Fsp3) is 0.400. The Bertz CT molecular complexity index is 545. The predicted octanol–water partition coefficient (Wildman–Crippen LogP) is 1.48. The van der Waals surface area contributed by atoms with Crippen molar-refractivity contribution in [1.82, 2.24) is 5.32 Å². The van der Waals surface area contributed by atoms with Crippen LogP contribution in [0, 0.1) is 5.92 Å². The quantitative estimate of drug-likeness (QED) is 0.844. The topological polar surface area (TPSA) is 66.5 Å². The number of carbonyl (C=O) groups is 3. The van der Waals surface area contributed by atoms with Gasteiger partial charge in [-0.3, -0.25) is 19.3 Å². The molecule has 5 heteroatoms. The van der Waals surface area contributed by atoms with E-state index in [1.54, 1.807) is 24.3 Å². The summed E-state index contributed by atoms with van der Waals surface area (Å²) >= 11 is 0. The van der Waals surface area contributed by atoms with Crippen LogP contribution in [0.3, 0.4) is 0 Å². The van der Waals surface area contributed by atoms with E-state index in [9.17, 15) is 14.4 Å². The van der Waals surface area contributed by atoms with Gasteiger partial charge in [0.15, 0.2) is 0 Å². The van der Waals surface area contributed by atoms with Gasteiger partial charge in [-0.25, -0.2) is 0 Å². The van der Waals surface area contributed by atoms with E-state index in [2.05, 4.69) is 5.32 Å². The molecule has 0 atom stereocenters. The monoisotopic (exact) mass is 272 g/mol. The second-order valence-corrected chi connectivity index (χ2v) is 5.32. The van der Waals surface area contributed by atoms with Gasteiger partial charge >= 0.3 is 0 Å². The third kappa shape index (κ3) is 2.57. The lowest BCUT2D eigenvalue weighted by atomic mass is 10.2. The van der Waals surface area contributed by atoms with Gasteiger partial charge < -0.3 is 5.32 Å². The van der Waals surface area contributed by atoms with Crippen LogP contribution < -0.4 is 10.2 Å². The first-order valence-corrected chi connectivity index (χ1v) is 6.89. The van der Waals surface area contributed by atoms with Crippen LogP contribution >= 0.6 is 0 Å². The van der Waals surface area contributed by atoms with Crippen LogP contribution in [-0.4, -0.2) is 24.3 Å². The largest absolute Gasteiger partial charge is 0.352 e. The van der Waals surface area contributed by atoms with Gasteiger partial charge in [0, 0.05) is 24.9 Å². The predicted molar refractivity (Wildman–Crippen MR) is 73.2 cm³/mol. The Balaban J connectivity index is 1.68. The number of rotatable bonds is 4. The zero-order chi connectivity index (χ0) is 14.1. The highest BCUT2D eigenvalue weighted by Crippen LogP contribution is 2.27. The molecule has 0 spiro atoms. The molecule has 0 unspecified atom stereocenters. The van der Waals surface area contributed by atoms with Crippen LogP contribution in [0.15, 0.2) is 24.3 Å². The summed E-state index contributed by atoms with van der Waals surface area (Å²) in [5, 5.41) is 2.88. The van der Waals surface area contributed by atoms with Crippen molar-refractivity contribution in [3.8, 4) is 0 Å². The van der Waals surface area contributed by atoms with Crippen molar-refractivity contribution in [2.45, 2.75) is 25.7 Å². The minimum atomic E-state index is -0.180. The SMILES string of the molecule is O=C(NCC1CC1)c1ccc(N2C(=O)CCC2=O)cc1. The first-order valence-electron chi connectivity index (χ1n) is 6.89. The number of anilines is 1. The van der Waals surface area contributed by atoms with Crippen molar-refractivity contribution < 1.29 is 14.4 Å². The standard InChI is InChI=1S/C15H16N2O3/c18-13-7-8-14(19)17(13)12-5-3-11(4-6-12)15(20)16-9-10-1-2-10/h3-6,10H,1-2,7-9H2,(H,16,20). The molecule has 3 rings (SSSR count). The summed E-state index contributed by atoms with van der Waals surface area (Å²) in [6, 6.07) is 6.59. The van der Waals surface area contributed by atoms with Crippen molar-refractivity contribution in [3.05, 3.63) is 29.8 Å². The van der Waals surface area contributed by atoms with Gasteiger partial charge in [-0.15, -0.1) is 0 Å². The lowest BCUT2D eigenvalue weighted by Gasteiger charge is -2.14. The van der Waals surface area contributed by atoms with Gasteiger partial charge in [0.1, 0.15) is 0 Å². The molecule has 104 valence electrons. The zero-order valence-corrected chi connectivity index (χ0v) is 11.1. The Hall–Kier alpha value is -2.17. The Morgan fingerprint density at radius 1 is 1.10 bits per heavy atom. The summed E-state index contributed by atoms with van der Waals surface area (Å²) in [5.74, 6) is 0.169. The number of hydrogen-bond donors (Lipinski definition) is 1. The van der Waals surface area contributed by atoms with E-state index in [1.807, 2.05) is 0 Å². The molecule has 1 saturated heterocycles. The summed E-state index contributed by atoms with van der Waals surface area (Å²) in [5.41, 5.74) is 1.09. The van der Waals surface area contributed by atoms with E-state index in [0.29, 0.717) is 17.2 Å². The van der Waals surface area contributed by atoms with Crippen molar-refractivity contribution in [1.29, 1.82) is 0 Å². The van der Waals surface area contributed by atoms with Crippen LogP contribution in [0.2, 0.25) is 0 Å². The van der Waals surface area contributed by atoms with Crippen molar-refractivity contribution in [2.75, 3.05) is 11.4 Å². The minimum Gasteiger partial charge on any atom is -0.352 e. The van der Waals surface area contributed by atoms with E-state index < -0.39 is 0 Å². The number of carbonyl (C=O) groups excluding carboxylic acids is 3. The van der Waals surface area contributed by atoms with Gasteiger partial charge in [0.2, 0.25) is 11.8 Å². The summed E-state index contributed by atoms with van der Waals surface area (Å²) in [6.45, 7) is 0.726. The molecule has 1 aliphatic carbocycles. The molecule has 1 aliphatic heterocycles. The highest BCUT2D eigenvalue weighted by Gasteiger charge is 2.30. The summed E-state index contributed by atoms with van der Waals surface area (Å²) in [4.78, 5) is 36.3. The van der Waals surface area contributed by atoms with Crippen LogP contribution in [0.1, 0.15) is 36.0 Å². The van der Waals surface area contributed by atoms with Crippen molar-refractivity contribution in [2.24, 2.45) is 5.92 Å². The number of amides is 3. The van der Waals surface area contributed by atoms with Gasteiger partial charge in [0.05, 0.1) is 5.69 Å². The smallest absolute Gasteiger partial charge is 0.251 e. The molecular weight excluding hydrogens is 256 g/mol. The molecule has 2 aliphatic rings. The maximum absolute atomic E-state index is 11.9. The summed E-state index contributed by atoms with van der Waals surface area (Å²) < 4.78 is 0. The molecule has 1 N–H and O–H groups in total. The molecule has 1 heterocycles. The van der Waals surface area contributed by atoms with E-state index in [4.69, 9.17) is 0 Å². The third-order valence-corrected chi connectivity index (χ3v) is 3.69. The highest BCUT2D eigenvalue weighted by molar-refractivity contribution is 6.19. The van der Waals surface area contributed by atoms with Gasteiger partial charge in [-0.2, -0.15) is 0 Å². The number of benzene rings is 1. The van der Waals surface area contributed by atoms with E-state index >= 15 is 0 Å². The van der Waals surface area contributed by atoms with Crippen LogP contribution in [0.25, 0.3) is 0 Å². The molecule has 3 amide bonds. The fourth-order valence-electron chi connectivity index (χ4n) is 2.29. The van der Waals surface area contributed by atoms with Gasteiger partial charge in [0.25, 0.3) is 5.91 Å². The Morgan fingerprint density at radius 2 is 1.70 bits per heavy atom. The van der Waals surface area contributed by atoms with E-state index in [-0.39, 0.29) is 30.6 Å². The zero-order valence-electron chi connectivity index (χ0n) is 11.1. The van der Waals surface area contributed by atoms with Crippen LogP contribution in [-0.2, 0) is 9.59 Å². The summed E-state index contributed by atoms with van der Waals surface area (Å²) in [6.07, 6.45) is 2.92. The van der Waals surface area contributed by atoms with E-state index in [0.717, 1.165) is 6.54 Å². The summed E-state index contributed by atoms with van der Waals surface area (Å²) in [7, 11) is 0. The number of hydrogen-bond acceptors (Lipinski definition) is 3. The van der Waals surface area contributed by atoms with E-state index in [1.165, 1.54) is 17.7 Å². The highest BCUT2D eigenvalue weighted by atomic mass is 16.2. The maximum Gasteiger partial charge on any atom is 0.251 e. The number of imide groups is 1. The second-order valence-electron chi connectivity index (χ2n) is 5.32. The third-order valence-electron chi connectivity index (χ3n) is 3.69. The average molecular weight is 272 g/mol. The molecule has 1 saturated carbocycles. The van der Waals surface area contributed by atoms with Crippen LogP contribution in [0.5, 0.6) is 0 Å². The molecule has 0 aromatic heterocycles. The molecule has 0 radical (unpaired) electrons. The Kier molecular flexibility index (Phi) is 3.26. The van der Waals surface area contributed by atoms with Gasteiger partial charge in [-0.1, -0.05) is 0 Å². The van der Waals surface area contributed by atoms with Gasteiger partial charge in [-0.05, 0) is 43.0 Å². The molecule has 0 bridgehead atoms. The van der Waals surface area contributed by atoms with Crippen LogP contribution in [0.4, 0.5) is 5.69 Å². The fourth-order valence-corrected chi connectivity index (χ4v) is 2.29.